The molecule has 5 nitrogen and oxygen atoms in total. The maximum atomic E-state index is 8.45. The Morgan fingerprint density at radius 1 is 1.50 bits per heavy atom. The van der Waals surface area contributed by atoms with Crippen LogP contribution in [0.15, 0.2) is 6.20 Å². The van der Waals surface area contributed by atoms with Gasteiger partial charge in [-0.1, -0.05) is 5.10 Å². The Balaban J connectivity index is 3.14. The first-order chi connectivity index (χ1) is 3.70. The highest BCUT2D eigenvalue weighted by molar-refractivity contribution is 5.26. The van der Waals surface area contributed by atoms with Crippen LogP contribution in [0.2, 0.25) is 0 Å². The lowest BCUT2D eigenvalue weighted by Crippen LogP contribution is -1.86. The molecule has 0 amide bonds. The van der Waals surface area contributed by atoms with Gasteiger partial charge in [-0.15, -0.1) is 4.85 Å². The Bertz CT molecular complexity index is 175. The van der Waals surface area contributed by atoms with E-state index in [4.69, 9.17) is 15.4 Å². The van der Waals surface area contributed by atoms with Crippen molar-refractivity contribution < 1.29 is 15.4 Å². The molecule has 1 aromatic heterocycles. The Morgan fingerprint density at radius 3 is 2.25 bits per heavy atom. The number of rotatable bonds is 0. The fourth-order valence-corrected chi connectivity index (χ4v) is 0.344. The molecule has 1 aromatic rings. The van der Waals surface area contributed by atoms with Crippen molar-refractivity contribution in [2.75, 3.05) is 0 Å². The standard InChI is InChI=1S/C3H4N2O3/c6-2-1-5(8)4-3(2)7/h1,6,8H,(H,4,7). The average molecular weight is 116 g/mol. The van der Waals surface area contributed by atoms with Gasteiger partial charge in [0.25, 0.3) is 5.88 Å². The van der Waals surface area contributed by atoms with Crippen molar-refractivity contribution >= 4 is 0 Å². The predicted molar refractivity (Wildman–Crippen MR) is 22.7 cm³/mol. The molecule has 0 fully saturated rings. The normalized spacial score (nSPS) is 9.50. The Hall–Kier alpha value is -1.39. The van der Waals surface area contributed by atoms with Crippen LogP contribution in [0.1, 0.15) is 0 Å². The van der Waals surface area contributed by atoms with E-state index in [0.717, 1.165) is 6.20 Å². The summed E-state index contributed by atoms with van der Waals surface area (Å²) >= 11 is 0. The maximum absolute atomic E-state index is 8.45. The topological polar surface area (TPSA) is 78.5 Å². The minimum Gasteiger partial charge on any atom is -0.502 e. The molecule has 1 rings (SSSR count). The largest absolute Gasteiger partial charge is 0.502 e. The number of hydrogen-bond donors (Lipinski definition) is 3. The van der Waals surface area contributed by atoms with Gasteiger partial charge >= 0.3 is 0 Å². The van der Waals surface area contributed by atoms with Gasteiger partial charge < -0.3 is 15.4 Å². The van der Waals surface area contributed by atoms with Crippen molar-refractivity contribution in [2.45, 2.75) is 0 Å². The van der Waals surface area contributed by atoms with E-state index >= 15 is 0 Å². The highest BCUT2D eigenvalue weighted by atomic mass is 16.5. The van der Waals surface area contributed by atoms with Gasteiger partial charge in [0, 0.05) is 0 Å². The first kappa shape index (κ1) is 4.76. The second-order valence-electron chi connectivity index (χ2n) is 1.26. The molecule has 3 N–H and O–H groups in total. The first-order valence-electron chi connectivity index (χ1n) is 1.87. The molecule has 0 atom stereocenters. The molecule has 0 aliphatic heterocycles. The van der Waals surface area contributed by atoms with E-state index in [1.807, 2.05) is 0 Å². The molecule has 0 aliphatic rings. The summed E-state index contributed by atoms with van der Waals surface area (Å²) in [6.07, 6.45) is 0.870. The van der Waals surface area contributed by atoms with Crippen molar-refractivity contribution in [3.05, 3.63) is 6.20 Å². The third-order valence-corrected chi connectivity index (χ3v) is 0.664. The molecule has 0 aliphatic carbocycles. The molecule has 44 valence electrons. The lowest BCUT2D eigenvalue weighted by atomic mass is 10.6. The summed E-state index contributed by atoms with van der Waals surface area (Å²) in [5, 5.41) is 28.2. The molecule has 0 bridgehead atoms. The quantitative estimate of drug-likeness (QED) is 0.400. The molecular formula is C3H4N2O3. The van der Waals surface area contributed by atoms with Crippen molar-refractivity contribution in [1.29, 1.82) is 0 Å². The molecule has 8 heavy (non-hydrogen) atoms. The average Bonchev–Trinajstić information content (AvgIpc) is 1.85. The van der Waals surface area contributed by atoms with E-state index in [-0.39, 0.29) is 0 Å². The minimum atomic E-state index is -0.576. The monoisotopic (exact) mass is 116 g/mol. The zero-order chi connectivity index (χ0) is 6.15. The van der Waals surface area contributed by atoms with Crippen LogP contribution in [0.5, 0.6) is 11.6 Å². The molecule has 0 aromatic carbocycles. The second kappa shape index (κ2) is 1.29. The van der Waals surface area contributed by atoms with E-state index in [2.05, 4.69) is 5.10 Å². The van der Waals surface area contributed by atoms with Crippen LogP contribution in [0.25, 0.3) is 0 Å². The van der Waals surface area contributed by atoms with E-state index in [9.17, 15) is 0 Å². The summed E-state index contributed by atoms with van der Waals surface area (Å²) in [4.78, 5) is 0.324. The first-order valence-corrected chi connectivity index (χ1v) is 1.87. The second-order valence-corrected chi connectivity index (χ2v) is 1.26. The maximum Gasteiger partial charge on any atom is 0.276 e. The molecule has 0 unspecified atom stereocenters. The van der Waals surface area contributed by atoms with Gasteiger partial charge in [-0.05, 0) is 0 Å². The lowest BCUT2D eigenvalue weighted by Gasteiger charge is -1.77. The number of hydrogen-bond acceptors (Lipinski definition) is 4. The van der Waals surface area contributed by atoms with Crippen molar-refractivity contribution in [2.24, 2.45) is 0 Å². The third-order valence-electron chi connectivity index (χ3n) is 0.664. The van der Waals surface area contributed by atoms with Crippen LogP contribution in [0.3, 0.4) is 0 Å². The van der Waals surface area contributed by atoms with Gasteiger partial charge in [0.2, 0.25) is 5.75 Å². The zero-order valence-electron chi connectivity index (χ0n) is 3.81. The van der Waals surface area contributed by atoms with Gasteiger partial charge in [0.1, 0.15) is 6.20 Å². The predicted octanol–water partition coefficient (Wildman–Crippen LogP) is -0.468. The van der Waals surface area contributed by atoms with Gasteiger partial charge in [0.05, 0.1) is 0 Å². The summed E-state index contributed by atoms with van der Waals surface area (Å²) in [7, 11) is 0. The summed E-state index contributed by atoms with van der Waals surface area (Å²) in [5.74, 6) is -1.01. The van der Waals surface area contributed by atoms with Crippen LogP contribution in [0, 0.1) is 0 Å². The van der Waals surface area contributed by atoms with E-state index in [0.29, 0.717) is 4.85 Å². The molecule has 5 heteroatoms. The van der Waals surface area contributed by atoms with E-state index < -0.39 is 11.6 Å². The van der Waals surface area contributed by atoms with Gasteiger partial charge in [0.15, 0.2) is 0 Å². The molecular weight excluding hydrogens is 112 g/mol. The minimum absolute atomic E-state index is 0.324. The summed E-state index contributed by atoms with van der Waals surface area (Å²) < 4.78 is 0. The molecule has 1 heterocycles. The SMILES string of the molecule is Oc1cn(O)nc1O. The van der Waals surface area contributed by atoms with Crippen molar-refractivity contribution in [3.8, 4) is 11.6 Å². The highest BCUT2D eigenvalue weighted by Crippen LogP contribution is 2.18. The summed E-state index contributed by atoms with van der Waals surface area (Å²) in [6.45, 7) is 0. The molecule has 0 saturated carbocycles. The number of nitrogens with zero attached hydrogens (tertiary/aromatic N) is 2. The fraction of sp³-hybridized carbons (Fsp3) is 0. The number of aromatic nitrogens is 2. The Morgan fingerprint density at radius 2 is 2.12 bits per heavy atom. The Labute approximate surface area is 44.4 Å². The van der Waals surface area contributed by atoms with E-state index in [1.54, 1.807) is 0 Å². The zero-order valence-corrected chi connectivity index (χ0v) is 3.81. The van der Waals surface area contributed by atoms with Gasteiger partial charge in [-0.25, -0.2) is 0 Å². The summed E-state index contributed by atoms with van der Waals surface area (Å²) in [5.41, 5.74) is 0. The van der Waals surface area contributed by atoms with Crippen LogP contribution in [0.4, 0.5) is 0 Å². The smallest absolute Gasteiger partial charge is 0.276 e. The van der Waals surface area contributed by atoms with Crippen LogP contribution >= 0.6 is 0 Å². The highest BCUT2D eigenvalue weighted by Gasteiger charge is 2.01. The summed E-state index contributed by atoms with van der Waals surface area (Å²) in [6, 6.07) is 0. The molecule has 0 spiro atoms. The third kappa shape index (κ3) is 0.534. The van der Waals surface area contributed by atoms with Crippen LogP contribution in [-0.2, 0) is 0 Å². The fourth-order valence-electron chi connectivity index (χ4n) is 0.344. The van der Waals surface area contributed by atoms with Gasteiger partial charge in [-0.3, -0.25) is 0 Å². The van der Waals surface area contributed by atoms with Crippen LogP contribution in [-0.4, -0.2) is 25.4 Å². The van der Waals surface area contributed by atoms with Gasteiger partial charge in [-0.2, -0.15) is 0 Å². The number of aromatic hydroxyl groups is 2. The van der Waals surface area contributed by atoms with Crippen LogP contribution < -0.4 is 0 Å². The van der Waals surface area contributed by atoms with Crippen molar-refractivity contribution in [1.82, 2.24) is 9.94 Å². The lowest BCUT2D eigenvalue weighted by molar-refractivity contribution is 0.144. The van der Waals surface area contributed by atoms with Crippen molar-refractivity contribution in [3.63, 3.8) is 0 Å². The molecule has 0 saturated heterocycles. The van der Waals surface area contributed by atoms with E-state index in [1.165, 1.54) is 0 Å². The molecule has 0 radical (unpaired) electrons. The Kier molecular flexibility index (Phi) is 0.768.